The van der Waals surface area contributed by atoms with Crippen molar-refractivity contribution in [2.75, 3.05) is 0 Å². The molecule has 1 aromatic carbocycles. The molecule has 0 saturated carbocycles. The van der Waals surface area contributed by atoms with Gasteiger partial charge in [-0.15, -0.1) is 0 Å². The number of aromatic nitrogens is 1. The third-order valence-corrected chi connectivity index (χ3v) is 3.32. The van der Waals surface area contributed by atoms with Gasteiger partial charge in [0.05, 0.1) is 0 Å². The van der Waals surface area contributed by atoms with Gasteiger partial charge < -0.3 is 10.3 Å². The van der Waals surface area contributed by atoms with Crippen LogP contribution in [0.25, 0.3) is 5.69 Å². The Hall–Kier alpha value is -1.54. The molecular formula is C14H18N2. The maximum Gasteiger partial charge on any atom is 0.0455 e. The average Bonchev–Trinajstić information content (AvgIpc) is 2.51. The van der Waals surface area contributed by atoms with Crippen molar-refractivity contribution in [3.05, 3.63) is 52.8 Å². The molecule has 2 heteroatoms. The van der Waals surface area contributed by atoms with E-state index in [4.69, 9.17) is 5.73 Å². The van der Waals surface area contributed by atoms with E-state index in [1.54, 1.807) is 0 Å². The van der Waals surface area contributed by atoms with E-state index >= 15 is 0 Å². The van der Waals surface area contributed by atoms with E-state index in [0.29, 0.717) is 6.54 Å². The Kier molecular flexibility index (Phi) is 2.84. The van der Waals surface area contributed by atoms with Gasteiger partial charge >= 0.3 is 0 Å². The predicted molar refractivity (Wildman–Crippen MR) is 67.9 cm³/mol. The Labute approximate surface area is 96.7 Å². The first-order valence-corrected chi connectivity index (χ1v) is 5.59. The van der Waals surface area contributed by atoms with Gasteiger partial charge in [0.1, 0.15) is 0 Å². The molecule has 0 saturated heterocycles. The van der Waals surface area contributed by atoms with Crippen LogP contribution in [0.4, 0.5) is 0 Å². The zero-order valence-corrected chi connectivity index (χ0v) is 10.1. The fraction of sp³-hybridized carbons (Fsp3) is 0.286. The van der Waals surface area contributed by atoms with Crippen molar-refractivity contribution in [3.8, 4) is 5.69 Å². The van der Waals surface area contributed by atoms with Gasteiger partial charge in [-0.05, 0) is 44.0 Å². The highest BCUT2D eigenvalue weighted by molar-refractivity contribution is 5.45. The quantitative estimate of drug-likeness (QED) is 0.818. The first-order chi connectivity index (χ1) is 7.66. The smallest absolute Gasteiger partial charge is 0.0455 e. The highest BCUT2D eigenvalue weighted by Crippen LogP contribution is 2.24. The zero-order valence-electron chi connectivity index (χ0n) is 10.1. The fourth-order valence-electron chi connectivity index (χ4n) is 2.31. The molecule has 16 heavy (non-hydrogen) atoms. The monoisotopic (exact) mass is 214 g/mol. The molecule has 0 aliphatic carbocycles. The summed E-state index contributed by atoms with van der Waals surface area (Å²) in [5.41, 5.74) is 12.1. The van der Waals surface area contributed by atoms with Crippen molar-refractivity contribution < 1.29 is 0 Å². The summed E-state index contributed by atoms with van der Waals surface area (Å²) in [7, 11) is 0. The lowest BCUT2D eigenvalue weighted by atomic mass is 10.1. The van der Waals surface area contributed by atoms with E-state index in [0.717, 1.165) is 0 Å². The topological polar surface area (TPSA) is 30.9 Å². The van der Waals surface area contributed by atoms with Crippen LogP contribution < -0.4 is 5.73 Å². The minimum absolute atomic E-state index is 0.609. The van der Waals surface area contributed by atoms with Crippen LogP contribution in [-0.4, -0.2) is 4.57 Å². The van der Waals surface area contributed by atoms with Crippen molar-refractivity contribution in [1.29, 1.82) is 0 Å². The number of hydrogen-bond acceptors (Lipinski definition) is 1. The summed E-state index contributed by atoms with van der Waals surface area (Å²) in [6.07, 6.45) is 0. The van der Waals surface area contributed by atoms with Crippen LogP contribution in [0.1, 0.15) is 22.5 Å². The first-order valence-electron chi connectivity index (χ1n) is 5.59. The number of nitrogens with two attached hydrogens (primary N) is 1. The van der Waals surface area contributed by atoms with Crippen molar-refractivity contribution >= 4 is 0 Å². The molecule has 0 amide bonds. The molecular weight excluding hydrogens is 196 g/mol. The number of para-hydroxylation sites is 1. The molecule has 0 radical (unpaired) electrons. The van der Waals surface area contributed by atoms with Crippen LogP contribution in [-0.2, 0) is 6.54 Å². The fourth-order valence-corrected chi connectivity index (χ4v) is 2.31. The van der Waals surface area contributed by atoms with E-state index in [1.165, 1.54) is 28.2 Å². The minimum atomic E-state index is 0.609. The lowest BCUT2D eigenvalue weighted by molar-refractivity contribution is 0.942. The Bertz CT molecular complexity index is 495. The van der Waals surface area contributed by atoms with Crippen LogP contribution >= 0.6 is 0 Å². The van der Waals surface area contributed by atoms with Gasteiger partial charge in [-0.2, -0.15) is 0 Å². The van der Waals surface area contributed by atoms with Gasteiger partial charge in [0, 0.05) is 23.6 Å². The maximum atomic E-state index is 5.80. The summed E-state index contributed by atoms with van der Waals surface area (Å²) in [6.45, 7) is 7.03. The van der Waals surface area contributed by atoms with Gasteiger partial charge in [-0.25, -0.2) is 0 Å². The summed E-state index contributed by atoms with van der Waals surface area (Å²) in [5, 5.41) is 0. The molecule has 0 atom stereocenters. The van der Waals surface area contributed by atoms with Gasteiger partial charge in [-0.1, -0.05) is 18.2 Å². The second-order valence-corrected chi connectivity index (χ2v) is 4.15. The molecule has 2 nitrogen and oxygen atoms in total. The van der Waals surface area contributed by atoms with Crippen LogP contribution in [0.2, 0.25) is 0 Å². The molecule has 0 spiro atoms. The summed E-state index contributed by atoms with van der Waals surface area (Å²) >= 11 is 0. The molecule has 84 valence electrons. The summed E-state index contributed by atoms with van der Waals surface area (Å²) in [6, 6.07) is 10.4. The SMILES string of the molecule is Cc1c(CN)c(C)n(-c2ccccc2)c1C. The van der Waals surface area contributed by atoms with Gasteiger partial charge in [0.25, 0.3) is 0 Å². The number of hydrogen-bond donors (Lipinski definition) is 1. The van der Waals surface area contributed by atoms with E-state index in [1.807, 2.05) is 6.07 Å². The van der Waals surface area contributed by atoms with Gasteiger partial charge in [0.2, 0.25) is 0 Å². The highest BCUT2D eigenvalue weighted by atomic mass is 15.0. The maximum absolute atomic E-state index is 5.80. The van der Waals surface area contributed by atoms with E-state index in [2.05, 4.69) is 49.6 Å². The van der Waals surface area contributed by atoms with Gasteiger partial charge in [-0.3, -0.25) is 0 Å². The van der Waals surface area contributed by atoms with Crippen LogP contribution in [0.3, 0.4) is 0 Å². The normalized spacial score (nSPS) is 10.8. The highest BCUT2D eigenvalue weighted by Gasteiger charge is 2.13. The molecule has 2 rings (SSSR count). The second-order valence-electron chi connectivity index (χ2n) is 4.15. The van der Waals surface area contributed by atoms with Crippen molar-refractivity contribution in [1.82, 2.24) is 4.57 Å². The molecule has 0 fully saturated rings. The van der Waals surface area contributed by atoms with E-state index in [9.17, 15) is 0 Å². The summed E-state index contributed by atoms with van der Waals surface area (Å²) in [4.78, 5) is 0. The third-order valence-electron chi connectivity index (χ3n) is 3.32. The average molecular weight is 214 g/mol. The largest absolute Gasteiger partial charge is 0.326 e. The Morgan fingerprint density at radius 3 is 2.12 bits per heavy atom. The summed E-state index contributed by atoms with van der Waals surface area (Å²) in [5.74, 6) is 0. The third kappa shape index (κ3) is 1.55. The predicted octanol–water partition coefficient (Wildman–Crippen LogP) is 2.86. The molecule has 0 unspecified atom stereocenters. The summed E-state index contributed by atoms with van der Waals surface area (Å²) < 4.78 is 2.28. The first kappa shape index (κ1) is 11.0. The van der Waals surface area contributed by atoms with Crippen LogP contribution in [0.5, 0.6) is 0 Å². The Balaban J connectivity index is 2.67. The Morgan fingerprint density at radius 2 is 1.62 bits per heavy atom. The molecule has 0 aliphatic rings. The van der Waals surface area contributed by atoms with E-state index < -0.39 is 0 Å². The zero-order chi connectivity index (χ0) is 11.7. The van der Waals surface area contributed by atoms with Crippen molar-refractivity contribution in [2.24, 2.45) is 5.73 Å². The van der Waals surface area contributed by atoms with Crippen LogP contribution in [0, 0.1) is 20.8 Å². The van der Waals surface area contributed by atoms with Crippen molar-refractivity contribution in [3.63, 3.8) is 0 Å². The Morgan fingerprint density at radius 1 is 1.00 bits per heavy atom. The number of benzene rings is 1. The lowest BCUT2D eigenvalue weighted by Gasteiger charge is -2.09. The molecule has 2 aromatic rings. The lowest BCUT2D eigenvalue weighted by Crippen LogP contribution is -2.01. The van der Waals surface area contributed by atoms with Crippen molar-refractivity contribution in [2.45, 2.75) is 27.3 Å². The number of nitrogens with zero attached hydrogens (tertiary/aromatic N) is 1. The standard InChI is InChI=1S/C14H18N2/c1-10-11(2)16(12(3)14(10)9-15)13-7-5-4-6-8-13/h4-8H,9,15H2,1-3H3. The van der Waals surface area contributed by atoms with Crippen LogP contribution in [0.15, 0.2) is 30.3 Å². The molecule has 0 aliphatic heterocycles. The molecule has 1 aromatic heterocycles. The molecule has 0 bridgehead atoms. The van der Waals surface area contributed by atoms with E-state index in [-0.39, 0.29) is 0 Å². The molecule has 1 heterocycles. The van der Waals surface area contributed by atoms with Gasteiger partial charge in [0.15, 0.2) is 0 Å². The number of rotatable bonds is 2. The second kappa shape index (κ2) is 4.14. The molecule has 2 N–H and O–H groups in total. The minimum Gasteiger partial charge on any atom is -0.326 e.